The quantitative estimate of drug-likeness (QED) is 0.174. The summed E-state index contributed by atoms with van der Waals surface area (Å²) in [6, 6.07) is 62.9. The van der Waals surface area contributed by atoms with E-state index in [-0.39, 0.29) is 11.2 Å². The first kappa shape index (κ1) is 34.8. The summed E-state index contributed by atoms with van der Waals surface area (Å²) in [5, 5.41) is 1.39. The fourth-order valence-corrected chi connectivity index (χ4v) is 11.2. The second-order valence-corrected chi connectivity index (χ2v) is 16.9. The van der Waals surface area contributed by atoms with Crippen molar-refractivity contribution in [3.8, 4) is 67.5 Å². The standard InChI is InChI=1S/C55H36N4S/c1-3-13-35(14-4-1)36-24-26-39(27-25-36)53-57-52(38-15-5-2-6-16-38)58-54(59-53)41-29-31-44-43-30-28-40(42-19-11-17-37-18-12-32-56-51(37)42)33-47(43)55(48(44)34-41)45-20-7-9-22-49(45)60-50-23-10-8-21-46(50)55/h1-34,45,49H. The highest BCUT2D eigenvalue weighted by Crippen LogP contribution is 2.64. The Labute approximate surface area is 353 Å². The Kier molecular flexibility index (Phi) is 8.10. The lowest BCUT2D eigenvalue weighted by Gasteiger charge is -2.47. The molecule has 3 atom stereocenters. The van der Waals surface area contributed by atoms with Crippen LogP contribution in [0.5, 0.6) is 0 Å². The first-order valence-corrected chi connectivity index (χ1v) is 21.3. The number of fused-ring (bicyclic) bond motifs is 10. The van der Waals surface area contributed by atoms with Crippen molar-refractivity contribution in [1.82, 2.24) is 19.9 Å². The van der Waals surface area contributed by atoms with Crippen LogP contribution >= 0.6 is 11.8 Å². The molecule has 60 heavy (non-hydrogen) atoms. The third kappa shape index (κ3) is 5.46. The molecular weight excluding hydrogens is 749 g/mol. The van der Waals surface area contributed by atoms with Crippen molar-refractivity contribution in [2.24, 2.45) is 5.92 Å². The average molecular weight is 785 g/mol. The molecule has 0 saturated carbocycles. The molecule has 0 bridgehead atoms. The van der Waals surface area contributed by atoms with E-state index in [2.05, 4.69) is 170 Å². The SMILES string of the molecule is C1=CC2Sc3ccccc3C3(c4cc(-c5nc(-c6ccccc6)nc(-c6ccc(-c7ccccc7)cc6)n5)ccc4-c4ccc(-c5cccc6cccnc56)cc43)C2C=C1. The van der Waals surface area contributed by atoms with Crippen molar-refractivity contribution in [2.75, 3.05) is 0 Å². The van der Waals surface area contributed by atoms with E-state index in [0.717, 1.165) is 38.7 Å². The van der Waals surface area contributed by atoms with Gasteiger partial charge < -0.3 is 0 Å². The van der Waals surface area contributed by atoms with Gasteiger partial charge in [0, 0.05) is 49.9 Å². The minimum atomic E-state index is -0.478. The van der Waals surface area contributed by atoms with Gasteiger partial charge in [-0.1, -0.05) is 176 Å². The van der Waals surface area contributed by atoms with Gasteiger partial charge >= 0.3 is 0 Å². The highest BCUT2D eigenvalue weighted by Gasteiger charge is 2.55. The van der Waals surface area contributed by atoms with Crippen LogP contribution in [0.2, 0.25) is 0 Å². The zero-order chi connectivity index (χ0) is 39.6. The summed E-state index contributed by atoms with van der Waals surface area (Å²) < 4.78 is 0. The normalized spacial score (nSPS) is 18.2. The van der Waals surface area contributed by atoms with Gasteiger partial charge in [-0.2, -0.15) is 0 Å². The third-order valence-electron chi connectivity index (χ3n) is 12.5. The molecule has 12 rings (SSSR count). The predicted molar refractivity (Wildman–Crippen MR) is 245 cm³/mol. The minimum Gasteiger partial charge on any atom is -0.256 e. The van der Waals surface area contributed by atoms with Crippen LogP contribution in [0.25, 0.3) is 78.4 Å². The molecule has 3 heterocycles. The number of allylic oxidation sites excluding steroid dienone is 3. The first-order valence-electron chi connectivity index (χ1n) is 20.4. The third-order valence-corrected chi connectivity index (χ3v) is 13.8. The summed E-state index contributed by atoms with van der Waals surface area (Å²) in [4.78, 5) is 21.8. The van der Waals surface area contributed by atoms with Gasteiger partial charge in [0.15, 0.2) is 17.5 Å². The van der Waals surface area contributed by atoms with Crippen molar-refractivity contribution in [1.29, 1.82) is 0 Å². The van der Waals surface area contributed by atoms with Crippen LogP contribution in [0.4, 0.5) is 0 Å². The van der Waals surface area contributed by atoms with Crippen LogP contribution in [-0.2, 0) is 5.41 Å². The van der Waals surface area contributed by atoms with E-state index in [1.165, 1.54) is 43.8 Å². The molecule has 2 aliphatic carbocycles. The number of rotatable bonds is 5. The summed E-state index contributed by atoms with van der Waals surface area (Å²) >= 11 is 1.97. The van der Waals surface area contributed by atoms with Gasteiger partial charge in [-0.05, 0) is 68.8 Å². The fourth-order valence-electron chi connectivity index (χ4n) is 9.75. The molecule has 1 aliphatic heterocycles. The molecule has 1 spiro atoms. The Morgan fingerprint density at radius 2 is 0.983 bits per heavy atom. The first-order chi connectivity index (χ1) is 29.7. The Hall–Kier alpha value is -7.21. The van der Waals surface area contributed by atoms with Crippen molar-refractivity contribution < 1.29 is 0 Å². The fraction of sp³-hybridized carbons (Fsp3) is 0.0545. The Bertz CT molecular complexity index is 3190. The molecule has 4 nitrogen and oxygen atoms in total. The van der Waals surface area contributed by atoms with Gasteiger partial charge in [-0.3, -0.25) is 4.98 Å². The van der Waals surface area contributed by atoms with E-state index in [4.69, 9.17) is 19.9 Å². The number of para-hydroxylation sites is 1. The van der Waals surface area contributed by atoms with E-state index in [9.17, 15) is 0 Å². The highest BCUT2D eigenvalue weighted by atomic mass is 32.2. The van der Waals surface area contributed by atoms with Crippen molar-refractivity contribution >= 4 is 22.7 Å². The number of hydrogen-bond acceptors (Lipinski definition) is 5. The summed E-state index contributed by atoms with van der Waals surface area (Å²) in [6.07, 6.45) is 11.2. The summed E-state index contributed by atoms with van der Waals surface area (Å²) in [7, 11) is 0. The Morgan fingerprint density at radius 3 is 1.75 bits per heavy atom. The van der Waals surface area contributed by atoms with Gasteiger partial charge in [-0.25, -0.2) is 15.0 Å². The van der Waals surface area contributed by atoms with E-state index in [0.29, 0.717) is 17.5 Å². The zero-order valence-electron chi connectivity index (χ0n) is 32.5. The van der Waals surface area contributed by atoms with Gasteiger partial charge in [0.2, 0.25) is 0 Å². The molecule has 0 fully saturated rings. The lowest BCUT2D eigenvalue weighted by atomic mass is 9.61. The van der Waals surface area contributed by atoms with E-state index in [1.54, 1.807) is 0 Å². The molecule has 0 saturated heterocycles. The lowest BCUT2D eigenvalue weighted by molar-refractivity contribution is 0.450. The molecule has 3 unspecified atom stereocenters. The van der Waals surface area contributed by atoms with Crippen LogP contribution in [0.3, 0.4) is 0 Å². The maximum absolute atomic E-state index is 5.26. The number of hydrogen-bond donors (Lipinski definition) is 0. The number of aromatic nitrogens is 4. The molecule has 0 amide bonds. The Balaban J connectivity index is 1.08. The summed E-state index contributed by atoms with van der Waals surface area (Å²) in [5.41, 5.74) is 14.5. The monoisotopic (exact) mass is 784 g/mol. The van der Waals surface area contributed by atoms with E-state index < -0.39 is 5.41 Å². The average Bonchev–Trinajstić information content (AvgIpc) is 3.61. The van der Waals surface area contributed by atoms with Gasteiger partial charge in [-0.15, -0.1) is 11.8 Å². The van der Waals surface area contributed by atoms with Crippen LogP contribution in [0.1, 0.15) is 16.7 Å². The number of nitrogens with zero attached hydrogens (tertiary/aromatic N) is 4. The molecule has 3 aliphatic rings. The van der Waals surface area contributed by atoms with Crippen LogP contribution in [-0.4, -0.2) is 25.2 Å². The molecule has 0 radical (unpaired) electrons. The lowest BCUT2D eigenvalue weighted by Crippen LogP contribution is -2.43. The predicted octanol–water partition coefficient (Wildman–Crippen LogP) is 13.3. The van der Waals surface area contributed by atoms with Gasteiger partial charge in [0.25, 0.3) is 0 Å². The molecule has 2 aromatic heterocycles. The minimum absolute atomic E-state index is 0.162. The maximum Gasteiger partial charge on any atom is 0.164 e. The van der Waals surface area contributed by atoms with E-state index >= 15 is 0 Å². The van der Waals surface area contributed by atoms with Gasteiger partial charge in [0.1, 0.15) is 0 Å². The topological polar surface area (TPSA) is 51.6 Å². The summed E-state index contributed by atoms with van der Waals surface area (Å²) in [5.74, 6) is 2.10. The molecule has 282 valence electrons. The Morgan fingerprint density at radius 1 is 0.417 bits per heavy atom. The largest absolute Gasteiger partial charge is 0.256 e. The van der Waals surface area contributed by atoms with Crippen LogP contribution in [0, 0.1) is 5.92 Å². The van der Waals surface area contributed by atoms with Gasteiger partial charge in [0.05, 0.1) is 10.9 Å². The van der Waals surface area contributed by atoms with Crippen molar-refractivity contribution in [3.05, 3.63) is 223 Å². The smallest absolute Gasteiger partial charge is 0.164 e. The molecule has 7 aromatic carbocycles. The summed E-state index contributed by atoms with van der Waals surface area (Å²) in [6.45, 7) is 0. The molecular formula is C55H36N4S. The maximum atomic E-state index is 5.26. The second kappa shape index (κ2) is 14.0. The van der Waals surface area contributed by atoms with Crippen molar-refractivity contribution in [2.45, 2.75) is 15.6 Å². The zero-order valence-corrected chi connectivity index (χ0v) is 33.3. The molecule has 0 N–H and O–H groups in total. The highest BCUT2D eigenvalue weighted by molar-refractivity contribution is 8.00. The van der Waals surface area contributed by atoms with Crippen molar-refractivity contribution in [3.63, 3.8) is 0 Å². The van der Waals surface area contributed by atoms with Crippen LogP contribution < -0.4 is 0 Å². The molecule has 9 aromatic rings. The number of thioether (sulfide) groups is 1. The number of benzene rings is 7. The van der Waals surface area contributed by atoms with E-state index in [1.807, 2.05) is 48.3 Å². The molecule has 5 heteroatoms. The van der Waals surface area contributed by atoms with Crippen LogP contribution in [0.15, 0.2) is 211 Å². The number of pyridine rings is 1. The second-order valence-electron chi connectivity index (χ2n) is 15.7.